The Morgan fingerprint density at radius 3 is 3.07 bits per heavy atom. The van der Waals surface area contributed by atoms with Gasteiger partial charge in [-0.3, -0.25) is 0 Å². The number of aliphatic hydroxyl groups is 1. The van der Waals surface area contributed by atoms with Crippen LogP contribution in [0.4, 0.5) is 0 Å². The number of morpholine rings is 1. The SMILES string of the molecule is CC(CC1COCCN1)NCCCCO. The molecule has 1 rings (SSSR count). The summed E-state index contributed by atoms with van der Waals surface area (Å²) in [7, 11) is 0. The normalized spacial score (nSPS) is 24.0. The minimum absolute atomic E-state index is 0.300. The van der Waals surface area contributed by atoms with Crippen molar-refractivity contribution in [3.63, 3.8) is 0 Å². The second-order valence-corrected chi connectivity index (χ2v) is 4.25. The first-order chi connectivity index (χ1) is 7.33. The van der Waals surface area contributed by atoms with E-state index in [1.54, 1.807) is 0 Å². The first-order valence-corrected chi connectivity index (χ1v) is 5.98. The highest BCUT2D eigenvalue weighted by atomic mass is 16.5. The minimum atomic E-state index is 0.300. The zero-order chi connectivity index (χ0) is 10.9. The van der Waals surface area contributed by atoms with Gasteiger partial charge in [0, 0.05) is 25.2 Å². The van der Waals surface area contributed by atoms with Gasteiger partial charge in [0.15, 0.2) is 0 Å². The molecule has 0 radical (unpaired) electrons. The van der Waals surface area contributed by atoms with Crippen molar-refractivity contribution >= 4 is 0 Å². The molecule has 1 saturated heterocycles. The highest BCUT2D eigenvalue weighted by molar-refractivity contribution is 4.75. The van der Waals surface area contributed by atoms with E-state index in [-0.39, 0.29) is 0 Å². The van der Waals surface area contributed by atoms with Crippen LogP contribution in [-0.2, 0) is 4.74 Å². The molecule has 0 aromatic heterocycles. The maximum atomic E-state index is 8.64. The lowest BCUT2D eigenvalue weighted by atomic mass is 10.1. The Morgan fingerprint density at radius 1 is 1.53 bits per heavy atom. The number of hydrogen-bond donors (Lipinski definition) is 3. The van der Waals surface area contributed by atoms with Crippen molar-refractivity contribution in [1.29, 1.82) is 0 Å². The average Bonchev–Trinajstić information content (AvgIpc) is 2.26. The minimum Gasteiger partial charge on any atom is -0.396 e. The summed E-state index contributed by atoms with van der Waals surface area (Å²) < 4.78 is 5.40. The van der Waals surface area contributed by atoms with Crippen LogP contribution in [-0.4, -0.2) is 50.1 Å². The Bertz CT molecular complexity index is 150. The Labute approximate surface area is 92.4 Å². The molecule has 2 unspecified atom stereocenters. The Hall–Kier alpha value is -0.160. The van der Waals surface area contributed by atoms with Crippen molar-refractivity contribution < 1.29 is 9.84 Å². The van der Waals surface area contributed by atoms with Crippen LogP contribution >= 0.6 is 0 Å². The molecule has 2 atom stereocenters. The van der Waals surface area contributed by atoms with E-state index in [9.17, 15) is 0 Å². The average molecular weight is 216 g/mol. The fraction of sp³-hybridized carbons (Fsp3) is 1.00. The summed E-state index contributed by atoms with van der Waals surface area (Å²) in [4.78, 5) is 0. The van der Waals surface area contributed by atoms with Crippen LogP contribution in [0.3, 0.4) is 0 Å². The van der Waals surface area contributed by atoms with E-state index in [1.807, 2.05) is 0 Å². The van der Waals surface area contributed by atoms with E-state index in [0.29, 0.717) is 18.7 Å². The summed E-state index contributed by atoms with van der Waals surface area (Å²) in [6.07, 6.45) is 3.05. The molecule has 1 aliphatic heterocycles. The zero-order valence-electron chi connectivity index (χ0n) is 9.67. The van der Waals surface area contributed by atoms with E-state index in [0.717, 1.165) is 45.6 Å². The molecule has 0 bridgehead atoms. The number of ether oxygens (including phenoxy) is 1. The summed E-state index contributed by atoms with van der Waals surface area (Å²) in [5.74, 6) is 0. The molecule has 3 N–H and O–H groups in total. The summed E-state index contributed by atoms with van der Waals surface area (Å²) in [5.41, 5.74) is 0. The predicted molar refractivity (Wildman–Crippen MR) is 61.0 cm³/mol. The van der Waals surface area contributed by atoms with Crippen LogP contribution in [0.2, 0.25) is 0 Å². The lowest BCUT2D eigenvalue weighted by molar-refractivity contribution is 0.0712. The van der Waals surface area contributed by atoms with Gasteiger partial charge < -0.3 is 20.5 Å². The van der Waals surface area contributed by atoms with Crippen LogP contribution in [0.5, 0.6) is 0 Å². The highest BCUT2D eigenvalue weighted by Gasteiger charge is 2.15. The molecular weight excluding hydrogens is 192 g/mol. The van der Waals surface area contributed by atoms with Crippen LogP contribution in [0.25, 0.3) is 0 Å². The molecule has 0 aliphatic carbocycles. The molecule has 4 heteroatoms. The molecule has 0 aromatic carbocycles. The fourth-order valence-corrected chi connectivity index (χ4v) is 1.87. The Kier molecular flexibility index (Phi) is 6.92. The van der Waals surface area contributed by atoms with Gasteiger partial charge in [-0.05, 0) is 32.7 Å². The van der Waals surface area contributed by atoms with Gasteiger partial charge in [0.05, 0.1) is 13.2 Å². The van der Waals surface area contributed by atoms with Crippen LogP contribution in [0, 0.1) is 0 Å². The quantitative estimate of drug-likeness (QED) is 0.529. The number of rotatable bonds is 7. The standard InChI is InChI=1S/C11H24N2O2/c1-10(12-4-2-3-6-14)8-11-9-15-7-5-13-11/h10-14H,2-9H2,1H3. The molecule has 1 fully saturated rings. The highest BCUT2D eigenvalue weighted by Crippen LogP contribution is 2.02. The zero-order valence-corrected chi connectivity index (χ0v) is 9.67. The van der Waals surface area contributed by atoms with Gasteiger partial charge in [-0.15, -0.1) is 0 Å². The molecule has 90 valence electrons. The van der Waals surface area contributed by atoms with Crippen molar-refractivity contribution in [1.82, 2.24) is 10.6 Å². The molecule has 1 aliphatic rings. The number of unbranched alkanes of at least 4 members (excludes halogenated alkanes) is 1. The molecule has 0 aromatic rings. The van der Waals surface area contributed by atoms with Crippen molar-refractivity contribution in [2.24, 2.45) is 0 Å². The lowest BCUT2D eigenvalue weighted by Crippen LogP contribution is -2.45. The van der Waals surface area contributed by atoms with Crippen LogP contribution in [0.1, 0.15) is 26.2 Å². The monoisotopic (exact) mass is 216 g/mol. The summed E-state index contributed by atoms with van der Waals surface area (Å²) >= 11 is 0. The largest absolute Gasteiger partial charge is 0.396 e. The molecule has 0 saturated carbocycles. The second-order valence-electron chi connectivity index (χ2n) is 4.25. The Morgan fingerprint density at radius 2 is 2.40 bits per heavy atom. The molecule has 4 nitrogen and oxygen atoms in total. The van der Waals surface area contributed by atoms with Crippen LogP contribution < -0.4 is 10.6 Å². The molecular formula is C11H24N2O2. The van der Waals surface area contributed by atoms with E-state index in [1.165, 1.54) is 0 Å². The maximum absolute atomic E-state index is 8.64. The first kappa shape index (κ1) is 12.9. The van der Waals surface area contributed by atoms with Crippen molar-refractivity contribution in [3.8, 4) is 0 Å². The van der Waals surface area contributed by atoms with E-state index >= 15 is 0 Å². The summed E-state index contributed by atoms with van der Waals surface area (Å²) in [5, 5.41) is 15.5. The second kappa shape index (κ2) is 8.05. The topological polar surface area (TPSA) is 53.5 Å². The maximum Gasteiger partial charge on any atom is 0.0620 e. The number of hydrogen-bond acceptors (Lipinski definition) is 4. The van der Waals surface area contributed by atoms with Crippen molar-refractivity contribution in [3.05, 3.63) is 0 Å². The van der Waals surface area contributed by atoms with E-state index < -0.39 is 0 Å². The predicted octanol–water partition coefficient (Wildman–Crippen LogP) is 0.116. The Balaban J connectivity index is 1.98. The van der Waals surface area contributed by atoms with Crippen molar-refractivity contribution in [2.75, 3.05) is 32.9 Å². The molecule has 1 heterocycles. The van der Waals surface area contributed by atoms with Gasteiger partial charge >= 0.3 is 0 Å². The molecule has 0 spiro atoms. The lowest BCUT2D eigenvalue weighted by Gasteiger charge is -2.26. The summed E-state index contributed by atoms with van der Waals surface area (Å²) in [6, 6.07) is 1.02. The van der Waals surface area contributed by atoms with Gasteiger partial charge in [-0.2, -0.15) is 0 Å². The smallest absolute Gasteiger partial charge is 0.0620 e. The summed E-state index contributed by atoms with van der Waals surface area (Å²) in [6.45, 7) is 6.15. The van der Waals surface area contributed by atoms with E-state index in [2.05, 4.69) is 17.6 Å². The first-order valence-electron chi connectivity index (χ1n) is 5.98. The van der Waals surface area contributed by atoms with Crippen LogP contribution in [0.15, 0.2) is 0 Å². The number of aliphatic hydroxyl groups excluding tert-OH is 1. The van der Waals surface area contributed by atoms with Gasteiger partial charge in [-0.1, -0.05) is 0 Å². The third kappa shape index (κ3) is 6.10. The fourth-order valence-electron chi connectivity index (χ4n) is 1.87. The van der Waals surface area contributed by atoms with Crippen molar-refractivity contribution in [2.45, 2.75) is 38.3 Å². The van der Waals surface area contributed by atoms with Gasteiger partial charge in [0.1, 0.15) is 0 Å². The third-order valence-corrected chi connectivity index (χ3v) is 2.71. The molecule has 0 amide bonds. The van der Waals surface area contributed by atoms with Gasteiger partial charge in [-0.25, -0.2) is 0 Å². The third-order valence-electron chi connectivity index (χ3n) is 2.71. The molecule has 15 heavy (non-hydrogen) atoms. The van der Waals surface area contributed by atoms with Gasteiger partial charge in [0.25, 0.3) is 0 Å². The number of nitrogens with one attached hydrogen (secondary N) is 2. The van der Waals surface area contributed by atoms with E-state index in [4.69, 9.17) is 9.84 Å². The van der Waals surface area contributed by atoms with Gasteiger partial charge in [0.2, 0.25) is 0 Å².